The highest BCUT2D eigenvalue weighted by molar-refractivity contribution is 6.46. The van der Waals surface area contributed by atoms with Gasteiger partial charge in [-0.05, 0) is 56.9 Å². The van der Waals surface area contributed by atoms with Crippen LogP contribution in [0.3, 0.4) is 0 Å². The normalized spacial score (nSPS) is 17.1. The van der Waals surface area contributed by atoms with Crippen molar-refractivity contribution in [3.63, 3.8) is 0 Å². The van der Waals surface area contributed by atoms with E-state index in [9.17, 15) is 19.1 Å². The topological polar surface area (TPSA) is 70.1 Å². The first-order chi connectivity index (χ1) is 17.3. The fraction of sp³-hybridized carbons (Fsp3) is 0.241. The quantitative estimate of drug-likeness (QED) is 0.283. The van der Waals surface area contributed by atoms with Crippen molar-refractivity contribution in [2.75, 3.05) is 27.2 Å². The first-order valence-electron chi connectivity index (χ1n) is 11.7. The molecule has 1 saturated heterocycles. The molecule has 0 radical (unpaired) electrons. The molecule has 1 N–H and O–H groups in total. The Labute approximate surface area is 210 Å². The van der Waals surface area contributed by atoms with E-state index in [1.165, 1.54) is 17.0 Å². The molecule has 1 amide bonds. The lowest BCUT2D eigenvalue weighted by molar-refractivity contribution is -0.140. The Morgan fingerprint density at radius 2 is 1.75 bits per heavy atom. The summed E-state index contributed by atoms with van der Waals surface area (Å²) in [5.74, 6) is -1.90. The number of Topliss-reactive ketones (excluding diaryl/α,β-unsaturated/α-hetero) is 1. The van der Waals surface area contributed by atoms with Gasteiger partial charge in [0, 0.05) is 24.2 Å². The Morgan fingerprint density at radius 1 is 1.03 bits per heavy atom. The minimum atomic E-state index is -1.02. The van der Waals surface area contributed by atoms with Gasteiger partial charge < -0.3 is 19.6 Å². The number of hydrogen-bond acceptors (Lipinski definition) is 5. The Hall–Kier alpha value is -3.97. The molecule has 4 rings (SSSR count). The van der Waals surface area contributed by atoms with Gasteiger partial charge in [0.15, 0.2) is 0 Å². The van der Waals surface area contributed by atoms with Crippen LogP contribution in [0.4, 0.5) is 4.39 Å². The molecular formula is C29H29FN2O4. The summed E-state index contributed by atoms with van der Waals surface area (Å²) in [5.41, 5.74) is 2.55. The van der Waals surface area contributed by atoms with E-state index in [-0.39, 0.29) is 23.4 Å². The van der Waals surface area contributed by atoms with Gasteiger partial charge in [0.25, 0.3) is 11.7 Å². The van der Waals surface area contributed by atoms with Crippen LogP contribution in [0.1, 0.15) is 28.3 Å². The third-order valence-electron chi connectivity index (χ3n) is 6.14. The third kappa shape index (κ3) is 5.31. The minimum Gasteiger partial charge on any atom is -0.507 e. The average Bonchev–Trinajstić information content (AvgIpc) is 3.11. The molecule has 1 aliphatic heterocycles. The van der Waals surface area contributed by atoms with E-state index in [4.69, 9.17) is 4.74 Å². The molecule has 36 heavy (non-hydrogen) atoms. The highest BCUT2D eigenvalue weighted by Gasteiger charge is 2.46. The summed E-state index contributed by atoms with van der Waals surface area (Å²) in [5, 5.41) is 11.2. The smallest absolute Gasteiger partial charge is 0.295 e. The Balaban J connectivity index is 1.65. The highest BCUT2D eigenvalue weighted by atomic mass is 19.1. The number of ether oxygens (including phenoxy) is 1. The summed E-state index contributed by atoms with van der Waals surface area (Å²) in [6.07, 6.45) is 0. The van der Waals surface area contributed by atoms with Crippen molar-refractivity contribution in [1.29, 1.82) is 0 Å². The van der Waals surface area contributed by atoms with Crippen molar-refractivity contribution in [2.24, 2.45) is 0 Å². The number of ketones is 1. The number of likely N-dealkylation sites (tertiary alicyclic amines) is 1. The maximum Gasteiger partial charge on any atom is 0.295 e. The lowest BCUT2D eigenvalue weighted by Gasteiger charge is -2.26. The third-order valence-corrected chi connectivity index (χ3v) is 6.14. The van der Waals surface area contributed by atoms with E-state index < -0.39 is 23.5 Å². The molecule has 1 aliphatic rings. The summed E-state index contributed by atoms with van der Waals surface area (Å²) in [6.45, 7) is 3.08. The lowest BCUT2D eigenvalue weighted by Crippen LogP contribution is -2.35. The maximum atomic E-state index is 14.8. The number of halogens is 1. The molecule has 0 aliphatic carbocycles. The molecule has 0 unspecified atom stereocenters. The van der Waals surface area contributed by atoms with Gasteiger partial charge in [-0.1, -0.05) is 48.0 Å². The highest BCUT2D eigenvalue weighted by Crippen LogP contribution is 2.40. The zero-order chi connectivity index (χ0) is 25.8. The first kappa shape index (κ1) is 25.1. The largest absolute Gasteiger partial charge is 0.507 e. The summed E-state index contributed by atoms with van der Waals surface area (Å²) in [7, 11) is 3.69. The Morgan fingerprint density at radius 3 is 2.42 bits per heavy atom. The van der Waals surface area contributed by atoms with Gasteiger partial charge in [-0.3, -0.25) is 9.59 Å². The zero-order valence-corrected chi connectivity index (χ0v) is 20.6. The van der Waals surface area contributed by atoms with Crippen LogP contribution in [-0.2, 0) is 16.2 Å². The molecule has 1 fully saturated rings. The first-order valence-corrected chi connectivity index (χ1v) is 11.7. The van der Waals surface area contributed by atoms with Gasteiger partial charge in [-0.2, -0.15) is 0 Å². The number of amides is 1. The van der Waals surface area contributed by atoms with E-state index in [0.29, 0.717) is 24.5 Å². The standard InChI is InChI=1S/C29H29FN2O4/c1-19-7-6-8-20(17-19)18-36-22-13-11-21(12-14-22)27(33)25-26(23-9-4-5-10-24(23)30)32(16-15-31(2)3)29(35)28(25)34/h4-14,17,26,33H,15-16,18H2,1-3H3/b27-25+/t26-/m0/s1. The number of benzene rings is 3. The van der Waals surface area contributed by atoms with Crippen LogP contribution in [0.15, 0.2) is 78.4 Å². The number of rotatable bonds is 8. The summed E-state index contributed by atoms with van der Waals surface area (Å²) in [6, 6.07) is 19.6. The number of carbonyl (C=O) groups excluding carboxylic acids is 2. The van der Waals surface area contributed by atoms with Crippen LogP contribution < -0.4 is 4.74 Å². The van der Waals surface area contributed by atoms with Crippen molar-refractivity contribution in [2.45, 2.75) is 19.6 Å². The van der Waals surface area contributed by atoms with Gasteiger partial charge in [0.2, 0.25) is 0 Å². The minimum absolute atomic E-state index is 0.128. The molecule has 1 atom stereocenters. The lowest BCUT2D eigenvalue weighted by atomic mass is 9.95. The molecule has 1 heterocycles. The number of likely N-dealkylation sites (N-methyl/N-ethyl adjacent to an activating group) is 1. The number of carbonyl (C=O) groups is 2. The van der Waals surface area contributed by atoms with Gasteiger partial charge in [0.05, 0.1) is 11.6 Å². The molecule has 0 bridgehead atoms. The molecule has 0 aromatic heterocycles. The molecule has 0 spiro atoms. The van der Waals surface area contributed by atoms with E-state index in [1.807, 2.05) is 50.2 Å². The Bertz CT molecular complexity index is 1300. The summed E-state index contributed by atoms with van der Waals surface area (Å²) in [4.78, 5) is 29.2. The maximum absolute atomic E-state index is 14.8. The van der Waals surface area contributed by atoms with Crippen molar-refractivity contribution >= 4 is 17.4 Å². The monoisotopic (exact) mass is 488 g/mol. The summed E-state index contributed by atoms with van der Waals surface area (Å²) >= 11 is 0. The van der Waals surface area contributed by atoms with Crippen LogP contribution in [0.2, 0.25) is 0 Å². The van der Waals surface area contributed by atoms with Gasteiger partial charge >= 0.3 is 0 Å². The van der Waals surface area contributed by atoms with E-state index in [0.717, 1.165) is 11.1 Å². The molecular weight excluding hydrogens is 459 g/mol. The van der Waals surface area contributed by atoms with Crippen LogP contribution in [0.25, 0.3) is 5.76 Å². The number of nitrogens with zero attached hydrogens (tertiary/aromatic N) is 2. The van der Waals surface area contributed by atoms with Gasteiger partial charge in [0.1, 0.15) is 23.9 Å². The number of aryl methyl sites for hydroxylation is 1. The number of aliphatic hydroxyl groups is 1. The second-order valence-corrected chi connectivity index (χ2v) is 9.12. The fourth-order valence-electron chi connectivity index (χ4n) is 4.27. The van der Waals surface area contributed by atoms with E-state index >= 15 is 0 Å². The predicted octanol–water partition coefficient (Wildman–Crippen LogP) is 4.70. The number of hydrogen-bond donors (Lipinski definition) is 1. The zero-order valence-electron chi connectivity index (χ0n) is 20.6. The molecule has 7 heteroatoms. The second kappa shape index (κ2) is 10.7. The molecule has 3 aromatic carbocycles. The van der Waals surface area contributed by atoms with Crippen molar-refractivity contribution in [1.82, 2.24) is 9.80 Å². The number of aliphatic hydroxyl groups excluding tert-OH is 1. The second-order valence-electron chi connectivity index (χ2n) is 9.12. The molecule has 0 saturated carbocycles. The van der Waals surface area contributed by atoms with E-state index in [1.54, 1.807) is 36.4 Å². The predicted molar refractivity (Wildman–Crippen MR) is 136 cm³/mol. The SMILES string of the molecule is Cc1cccc(COc2ccc(/C(O)=C3\C(=O)C(=O)N(CCN(C)C)[C@H]3c3ccccc3F)cc2)c1. The van der Waals surface area contributed by atoms with Crippen LogP contribution >= 0.6 is 0 Å². The van der Waals surface area contributed by atoms with Gasteiger partial charge in [-0.25, -0.2) is 4.39 Å². The van der Waals surface area contributed by atoms with Crippen molar-refractivity contribution in [3.8, 4) is 5.75 Å². The van der Waals surface area contributed by atoms with Crippen LogP contribution in [0, 0.1) is 12.7 Å². The molecule has 6 nitrogen and oxygen atoms in total. The van der Waals surface area contributed by atoms with Gasteiger partial charge in [-0.15, -0.1) is 0 Å². The Kier molecular flexibility index (Phi) is 7.50. The summed E-state index contributed by atoms with van der Waals surface area (Å²) < 4.78 is 20.7. The fourth-order valence-corrected chi connectivity index (χ4v) is 4.27. The van der Waals surface area contributed by atoms with Crippen LogP contribution in [0.5, 0.6) is 5.75 Å². The van der Waals surface area contributed by atoms with Crippen molar-refractivity contribution < 1.29 is 23.8 Å². The van der Waals surface area contributed by atoms with Crippen molar-refractivity contribution in [3.05, 3.63) is 106 Å². The molecule has 3 aromatic rings. The average molecular weight is 489 g/mol. The molecule has 186 valence electrons. The van der Waals surface area contributed by atoms with E-state index in [2.05, 4.69) is 0 Å². The van der Waals surface area contributed by atoms with Crippen LogP contribution in [-0.4, -0.2) is 53.8 Å².